The number of carbonyl (C=O) groups is 1. The van der Waals surface area contributed by atoms with Gasteiger partial charge in [0.2, 0.25) is 0 Å². The zero-order valence-electron chi connectivity index (χ0n) is 11.4. The van der Waals surface area contributed by atoms with Crippen LogP contribution in [0.25, 0.3) is 11.0 Å². The Balaban J connectivity index is 1.74. The van der Waals surface area contributed by atoms with Gasteiger partial charge in [-0.3, -0.25) is 9.78 Å². The monoisotopic (exact) mass is 271 g/mol. The van der Waals surface area contributed by atoms with Crippen molar-refractivity contribution in [1.29, 1.82) is 0 Å². The molecule has 0 radical (unpaired) electrons. The van der Waals surface area contributed by atoms with Gasteiger partial charge in [0.25, 0.3) is 5.91 Å². The predicted octanol–water partition coefficient (Wildman–Crippen LogP) is 1.93. The minimum absolute atomic E-state index is 0.0155. The highest BCUT2D eigenvalue weighted by Gasteiger charge is 2.24. The van der Waals surface area contributed by atoms with Gasteiger partial charge in [-0.25, -0.2) is 4.98 Å². The summed E-state index contributed by atoms with van der Waals surface area (Å²) in [5.41, 5.74) is 1.86. The van der Waals surface area contributed by atoms with Crippen molar-refractivity contribution in [3.05, 3.63) is 36.2 Å². The zero-order valence-corrected chi connectivity index (χ0v) is 11.4. The lowest BCUT2D eigenvalue weighted by Crippen LogP contribution is -2.41. The Morgan fingerprint density at radius 3 is 2.95 bits per heavy atom. The van der Waals surface area contributed by atoms with E-state index >= 15 is 0 Å². The van der Waals surface area contributed by atoms with E-state index in [2.05, 4.69) is 15.3 Å². The number of amides is 1. The Morgan fingerprint density at radius 1 is 1.40 bits per heavy atom. The van der Waals surface area contributed by atoms with Crippen LogP contribution >= 0.6 is 0 Å². The number of aromatic nitrogens is 2. The molecule has 2 heterocycles. The van der Waals surface area contributed by atoms with Crippen molar-refractivity contribution in [1.82, 2.24) is 15.3 Å². The summed E-state index contributed by atoms with van der Waals surface area (Å²) in [7, 11) is 0. The van der Waals surface area contributed by atoms with Gasteiger partial charge in [0, 0.05) is 6.61 Å². The second-order valence-electron chi connectivity index (χ2n) is 5.06. The van der Waals surface area contributed by atoms with E-state index in [9.17, 15) is 4.79 Å². The molecule has 2 unspecified atom stereocenters. The van der Waals surface area contributed by atoms with E-state index in [0.29, 0.717) is 5.69 Å². The maximum absolute atomic E-state index is 12.2. The molecule has 1 fully saturated rings. The molecule has 2 aromatic rings. The second kappa shape index (κ2) is 5.54. The number of benzene rings is 1. The molecule has 1 aromatic heterocycles. The number of para-hydroxylation sites is 2. The lowest BCUT2D eigenvalue weighted by Gasteiger charge is -2.19. The van der Waals surface area contributed by atoms with Gasteiger partial charge in [-0.05, 0) is 31.9 Å². The van der Waals surface area contributed by atoms with Crippen LogP contribution in [0.3, 0.4) is 0 Å². The molecule has 1 aliphatic rings. The number of nitrogens with zero attached hydrogens (tertiary/aromatic N) is 2. The highest BCUT2D eigenvalue weighted by atomic mass is 16.5. The third-order valence-electron chi connectivity index (χ3n) is 3.56. The summed E-state index contributed by atoms with van der Waals surface area (Å²) in [5.74, 6) is -0.203. The van der Waals surface area contributed by atoms with Crippen LogP contribution in [0.1, 0.15) is 30.3 Å². The van der Waals surface area contributed by atoms with Crippen molar-refractivity contribution >= 4 is 16.9 Å². The molecule has 0 aliphatic carbocycles. The molecule has 5 nitrogen and oxygen atoms in total. The van der Waals surface area contributed by atoms with Crippen LogP contribution in [0.2, 0.25) is 0 Å². The first kappa shape index (κ1) is 13.0. The molecule has 0 spiro atoms. The molecule has 3 rings (SSSR count). The fourth-order valence-corrected chi connectivity index (χ4v) is 2.44. The molecule has 20 heavy (non-hydrogen) atoms. The number of carbonyl (C=O) groups excluding carboxylic acids is 1. The Morgan fingerprint density at radius 2 is 2.20 bits per heavy atom. The summed E-state index contributed by atoms with van der Waals surface area (Å²) >= 11 is 0. The molecule has 104 valence electrons. The molecule has 1 saturated heterocycles. The van der Waals surface area contributed by atoms with Gasteiger partial charge >= 0.3 is 0 Å². The molecule has 0 bridgehead atoms. The smallest absolute Gasteiger partial charge is 0.271 e. The average Bonchev–Trinajstić information content (AvgIpc) is 3.01. The van der Waals surface area contributed by atoms with Crippen LogP contribution in [0.15, 0.2) is 30.5 Å². The van der Waals surface area contributed by atoms with E-state index in [1.807, 2.05) is 31.2 Å². The Kier molecular flexibility index (Phi) is 3.60. The summed E-state index contributed by atoms with van der Waals surface area (Å²) in [6.45, 7) is 2.74. The van der Waals surface area contributed by atoms with Crippen molar-refractivity contribution in [2.24, 2.45) is 0 Å². The predicted molar refractivity (Wildman–Crippen MR) is 75.4 cm³/mol. The van der Waals surface area contributed by atoms with Gasteiger partial charge in [0.05, 0.1) is 29.4 Å². The number of hydrogen-bond acceptors (Lipinski definition) is 4. The lowest BCUT2D eigenvalue weighted by atomic mass is 10.1. The topological polar surface area (TPSA) is 64.1 Å². The first-order chi connectivity index (χ1) is 9.74. The summed E-state index contributed by atoms with van der Waals surface area (Å²) in [4.78, 5) is 20.8. The Hall–Kier alpha value is -2.01. The molecular weight excluding hydrogens is 254 g/mol. The first-order valence-corrected chi connectivity index (χ1v) is 6.88. The largest absolute Gasteiger partial charge is 0.376 e. The number of rotatable bonds is 3. The molecule has 1 N–H and O–H groups in total. The molecule has 2 atom stereocenters. The summed E-state index contributed by atoms with van der Waals surface area (Å²) in [6, 6.07) is 7.49. The molecule has 0 saturated carbocycles. The lowest BCUT2D eigenvalue weighted by molar-refractivity contribution is 0.0709. The average molecular weight is 271 g/mol. The van der Waals surface area contributed by atoms with Crippen LogP contribution in [0, 0.1) is 0 Å². The highest BCUT2D eigenvalue weighted by Crippen LogP contribution is 2.16. The van der Waals surface area contributed by atoms with Crippen molar-refractivity contribution < 1.29 is 9.53 Å². The van der Waals surface area contributed by atoms with Crippen molar-refractivity contribution in [3.8, 4) is 0 Å². The molecule has 5 heteroatoms. The fourth-order valence-electron chi connectivity index (χ4n) is 2.44. The number of hydrogen-bond donors (Lipinski definition) is 1. The normalized spacial score (nSPS) is 19.9. The van der Waals surface area contributed by atoms with Crippen molar-refractivity contribution in [2.45, 2.75) is 31.9 Å². The van der Waals surface area contributed by atoms with Crippen LogP contribution in [-0.4, -0.2) is 34.6 Å². The Labute approximate surface area is 117 Å². The van der Waals surface area contributed by atoms with Gasteiger partial charge in [-0.2, -0.15) is 0 Å². The first-order valence-electron chi connectivity index (χ1n) is 6.88. The summed E-state index contributed by atoms with van der Waals surface area (Å²) in [6.07, 6.45) is 3.66. The Bertz CT molecular complexity index is 623. The third kappa shape index (κ3) is 2.63. The van der Waals surface area contributed by atoms with Crippen molar-refractivity contribution in [3.63, 3.8) is 0 Å². The van der Waals surface area contributed by atoms with Gasteiger partial charge < -0.3 is 10.1 Å². The molecule has 1 aromatic carbocycles. The SMILES string of the molecule is CC(NC(=O)c1cnc2ccccc2n1)C1CCCO1. The van der Waals surface area contributed by atoms with Gasteiger partial charge in [0.1, 0.15) is 5.69 Å². The number of nitrogens with one attached hydrogen (secondary N) is 1. The fraction of sp³-hybridized carbons (Fsp3) is 0.400. The summed E-state index contributed by atoms with van der Waals surface area (Å²) in [5, 5.41) is 2.94. The van der Waals surface area contributed by atoms with Crippen LogP contribution in [0.4, 0.5) is 0 Å². The number of fused-ring (bicyclic) bond motifs is 1. The van der Waals surface area contributed by atoms with Gasteiger partial charge in [0.15, 0.2) is 0 Å². The van der Waals surface area contributed by atoms with E-state index in [1.165, 1.54) is 6.20 Å². The van der Waals surface area contributed by atoms with E-state index in [4.69, 9.17) is 4.74 Å². The van der Waals surface area contributed by atoms with Crippen LogP contribution < -0.4 is 5.32 Å². The third-order valence-corrected chi connectivity index (χ3v) is 3.56. The quantitative estimate of drug-likeness (QED) is 0.926. The summed E-state index contributed by atoms with van der Waals surface area (Å²) < 4.78 is 5.57. The minimum atomic E-state index is -0.203. The van der Waals surface area contributed by atoms with E-state index in [1.54, 1.807) is 0 Å². The second-order valence-corrected chi connectivity index (χ2v) is 5.06. The molecule has 1 amide bonds. The minimum Gasteiger partial charge on any atom is -0.376 e. The van der Waals surface area contributed by atoms with Gasteiger partial charge in [-0.1, -0.05) is 12.1 Å². The molecular formula is C15H17N3O2. The maximum Gasteiger partial charge on any atom is 0.271 e. The van der Waals surface area contributed by atoms with Crippen LogP contribution in [0.5, 0.6) is 0 Å². The van der Waals surface area contributed by atoms with Gasteiger partial charge in [-0.15, -0.1) is 0 Å². The standard InChI is InChI=1S/C15H17N3O2/c1-10(14-7-4-8-20-14)17-15(19)13-9-16-11-5-2-3-6-12(11)18-13/h2-3,5-6,9-10,14H,4,7-8H2,1H3,(H,17,19). The van der Waals surface area contributed by atoms with Crippen molar-refractivity contribution in [2.75, 3.05) is 6.61 Å². The highest BCUT2D eigenvalue weighted by molar-refractivity contribution is 5.93. The van der Waals surface area contributed by atoms with E-state index in [0.717, 1.165) is 30.5 Å². The zero-order chi connectivity index (χ0) is 13.9. The van der Waals surface area contributed by atoms with Crippen LogP contribution in [-0.2, 0) is 4.74 Å². The maximum atomic E-state index is 12.2. The number of ether oxygens (including phenoxy) is 1. The van der Waals surface area contributed by atoms with E-state index < -0.39 is 0 Å². The van der Waals surface area contributed by atoms with E-state index in [-0.39, 0.29) is 18.1 Å². The molecule has 1 aliphatic heterocycles.